The van der Waals surface area contributed by atoms with Crippen LogP contribution in [0.5, 0.6) is 0 Å². The number of nitrogens with zero attached hydrogens (tertiary/aromatic N) is 4. The Kier molecular flexibility index (Phi) is 15.6. The first-order valence-corrected chi connectivity index (χ1v) is 37.8. The number of hydrogen-bond donors (Lipinski definition) is 0. The number of benzene rings is 13. The van der Waals surface area contributed by atoms with E-state index in [-0.39, 0.29) is 33.8 Å². The summed E-state index contributed by atoms with van der Waals surface area (Å²) in [6.45, 7) is 40.0. The minimum atomic E-state index is -0.314. The topological polar surface area (TPSA) is 16.3 Å². The van der Waals surface area contributed by atoms with Gasteiger partial charge in [0.15, 0.2) is 0 Å². The Morgan fingerprint density at radius 1 is 0.238 bits per heavy atom. The van der Waals surface area contributed by atoms with Crippen LogP contribution in [0.1, 0.15) is 143 Å². The molecule has 0 bridgehead atoms. The maximum absolute atomic E-state index is 2.74. The number of fused-ring (bicyclic) bond motifs is 10. The first-order valence-electron chi connectivity index (χ1n) is 37.8. The molecule has 17 rings (SSSR count). The quantitative estimate of drug-likeness (QED) is 0.141. The first kappa shape index (κ1) is 67.3. The Hall–Kier alpha value is -10.9. The van der Waals surface area contributed by atoms with Crippen molar-refractivity contribution in [3.8, 4) is 55.9 Å². The van der Waals surface area contributed by atoms with Gasteiger partial charge in [0.1, 0.15) is 0 Å². The first-order chi connectivity index (χ1) is 50.1. The fourth-order valence-electron chi connectivity index (χ4n) is 17.1. The van der Waals surface area contributed by atoms with Crippen LogP contribution in [0.15, 0.2) is 267 Å². The van der Waals surface area contributed by atoms with Crippen LogP contribution in [0.3, 0.4) is 0 Å². The molecule has 105 heavy (non-hydrogen) atoms. The Morgan fingerprint density at radius 2 is 0.533 bits per heavy atom. The van der Waals surface area contributed by atoms with Gasteiger partial charge in [-0.2, -0.15) is 0 Å². The van der Waals surface area contributed by atoms with Gasteiger partial charge in [-0.3, -0.25) is 0 Å². The second-order valence-electron chi connectivity index (χ2n) is 35.1. The van der Waals surface area contributed by atoms with Crippen LogP contribution >= 0.6 is 0 Å². The van der Waals surface area contributed by atoms with Gasteiger partial charge >= 0.3 is 0 Å². The monoisotopic (exact) mass is 1360 g/mol. The molecule has 518 valence electrons. The molecule has 0 spiro atoms. The summed E-state index contributed by atoms with van der Waals surface area (Å²) in [6.07, 6.45) is 0. The highest BCUT2D eigenvalue weighted by Gasteiger charge is 2.47. The van der Waals surface area contributed by atoms with Gasteiger partial charge in [-0.15, -0.1) is 0 Å². The van der Waals surface area contributed by atoms with Gasteiger partial charge in [-0.05, 0) is 190 Å². The van der Waals surface area contributed by atoms with Crippen LogP contribution in [-0.2, 0) is 27.1 Å². The Balaban J connectivity index is 1.06. The summed E-state index contributed by atoms with van der Waals surface area (Å²) >= 11 is 0. The summed E-state index contributed by atoms with van der Waals surface area (Å²) in [5, 5.41) is 5.02. The molecular formula is C100H95BN4. The SMILES string of the molecule is Cc1c(-n2c3cc(C(C)(C)C)ccc3c3ccc(C(C)(C)C)cc32)ccc2c1N(c1cc(-c3ccccc3)ccc1-c1ccccc1)c1cc(C(C)(C)C)cc3c1B2c1ccc(-n2c4cc(C(C)(C)C)ccc4c4ccc(C(C)(C)C)cc42)c(C)c1N3c1cc(-c2ccccc2)ccc1-c1ccccc1. The highest BCUT2D eigenvalue weighted by molar-refractivity contribution is 7.00. The number of anilines is 6. The lowest BCUT2D eigenvalue weighted by Crippen LogP contribution is -2.62. The van der Waals surface area contributed by atoms with E-state index in [1.54, 1.807) is 0 Å². The summed E-state index contributed by atoms with van der Waals surface area (Å²) in [4.78, 5) is 5.48. The molecule has 2 aliphatic rings. The summed E-state index contributed by atoms with van der Waals surface area (Å²) in [7, 11) is 0. The lowest BCUT2D eigenvalue weighted by Gasteiger charge is -2.47. The molecule has 2 aliphatic heterocycles. The van der Waals surface area contributed by atoms with Gasteiger partial charge in [0.25, 0.3) is 6.71 Å². The molecule has 0 saturated carbocycles. The van der Waals surface area contributed by atoms with Crippen LogP contribution in [0, 0.1) is 13.8 Å². The average Bonchev–Trinajstić information content (AvgIpc) is 0.859. The van der Waals surface area contributed by atoms with E-state index in [2.05, 4.69) is 404 Å². The van der Waals surface area contributed by atoms with Crippen LogP contribution in [0.2, 0.25) is 0 Å². The average molecular weight is 1360 g/mol. The molecule has 0 saturated heterocycles. The normalized spacial score (nSPS) is 13.3. The molecule has 0 N–H and O–H groups in total. The molecule has 4 nitrogen and oxygen atoms in total. The predicted octanol–water partition coefficient (Wildman–Crippen LogP) is 25.7. The highest BCUT2D eigenvalue weighted by atomic mass is 15.2. The van der Waals surface area contributed by atoms with E-state index in [1.165, 1.54) is 133 Å². The molecule has 5 heteroatoms. The largest absolute Gasteiger partial charge is 0.310 e. The molecule has 4 heterocycles. The fourth-order valence-corrected chi connectivity index (χ4v) is 17.1. The van der Waals surface area contributed by atoms with Crippen molar-refractivity contribution in [3.63, 3.8) is 0 Å². The van der Waals surface area contributed by atoms with Crippen molar-refractivity contribution >= 4 is 101 Å². The summed E-state index contributed by atoms with van der Waals surface area (Å²) < 4.78 is 5.27. The number of hydrogen-bond acceptors (Lipinski definition) is 2. The van der Waals surface area contributed by atoms with Gasteiger partial charge in [0.2, 0.25) is 0 Å². The van der Waals surface area contributed by atoms with E-state index in [1.807, 2.05) is 0 Å². The smallest absolute Gasteiger partial charge is 0.252 e. The van der Waals surface area contributed by atoms with E-state index >= 15 is 0 Å². The zero-order chi connectivity index (χ0) is 73.1. The number of aromatic nitrogens is 2. The second kappa shape index (κ2) is 24.4. The van der Waals surface area contributed by atoms with Crippen LogP contribution in [-0.4, -0.2) is 15.8 Å². The molecular weight excluding hydrogens is 1270 g/mol. The Bertz CT molecular complexity index is 5490. The second-order valence-corrected chi connectivity index (χ2v) is 35.1. The van der Waals surface area contributed by atoms with E-state index < -0.39 is 0 Å². The van der Waals surface area contributed by atoms with Crippen molar-refractivity contribution < 1.29 is 0 Å². The lowest BCUT2D eigenvalue weighted by atomic mass is 9.33. The molecule has 0 unspecified atom stereocenters. The van der Waals surface area contributed by atoms with E-state index in [4.69, 9.17) is 0 Å². The van der Waals surface area contributed by atoms with E-state index in [9.17, 15) is 0 Å². The summed E-state index contributed by atoms with van der Waals surface area (Å²) in [5.74, 6) is 0. The van der Waals surface area contributed by atoms with Crippen LogP contribution in [0.25, 0.3) is 99.5 Å². The maximum Gasteiger partial charge on any atom is 0.252 e. The molecule has 2 aromatic heterocycles. The Morgan fingerprint density at radius 3 is 0.829 bits per heavy atom. The molecule has 0 amide bonds. The van der Waals surface area contributed by atoms with Crippen molar-refractivity contribution in [2.24, 2.45) is 0 Å². The van der Waals surface area contributed by atoms with Gasteiger partial charge in [0, 0.05) is 55.4 Å². The highest BCUT2D eigenvalue weighted by Crippen LogP contribution is 2.54. The van der Waals surface area contributed by atoms with Crippen molar-refractivity contribution in [2.75, 3.05) is 9.80 Å². The van der Waals surface area contributed by atoms with Crippen molar-refractivity contribution in [3.05, 3.63) is 306 Å². The van der Waals surface area contributed by atoms with E-state index in [0.29, 0.717) is 0 Å². The van der Waals surface area contributed by atoms with Crippen molar-refractivity contribution in [1.82, 2.24) is 9.13 Å². The van der Waals surface area contributed by atoms with Crippen LogP contribution in [0.4, 0.5) is 34.1 Å². The molecule has 0 fully saturated rings. The summed E-state index contributed by atoms with van der Waals surface area (Å²) in [6, 6.07) is 103. The summed E-state index contributed by atoms with van der Waals surface area (Å²) in [5.41, 5.74) is 35.5. The van der Waals surface area contributed by atoms with Gasteiger partial charge in [-0.25, -0.2) is 0 Å². The van der Waals surface area contributed by atoms with Crippen molar-refractivity contribution in [2.45, 2.75) is 145 Å². The predicted molar refractivity (Wildman–Crippen MR) is 454 cm³/mol. The van der Waals surface area contributed by atoms with Gasteiger partial charge in [0.05, 0.1) is 44.8 Å². The van der Waals surface area contributed by atoms with Gasteiger partial charge < -0.3 is 18.9 Å². The third-order valence-electron chi connectivity index (χ3n) is 23.1. The lowest BCUT2D eigenvalue weighted by molar-refractivity contribution is 0.590. The molecule has 0 radical (unpaired) electrons. The molecule has 0 aliphatic carbocycles. The Labute approximate surface area is 622 Å². The zero-order valence-corrected chi connectivity index (χ0v) is 64.3. The molecule has 0 atom stereocenters. The standard InChI is InChI=1S/C100H95BN4/c1-62-83(102-87-56-70(96(3,4)5)40-46-77(87)78-47-41-71(57-88(78)102)97(6,7)8)52-50-81-94(62)104(85-54-68(64-30-22-18-23-31-64)38-44-75(85)66-34-26-20-27-35-66)91-60-74(100(15,16)17)61-92-93(91)101(81)82-51-53-84(103-89-58-72(98(9,10)11)42-48-79(89)80-49-43-73(59-90(80)103)99(12,13)14)63(2)95(82)105(92)86-55-69(65-32-24-19-25-33-65)39-45-76(86)67-36-28-21-29-37-67/h18-61H,1-17H3. The maximum atomic E-state index is 2.74. The molecule has 13 aromatic carbocycles. The minimum Gasteiger partial charge on any atom is -0.310 e. The third-order valence-corrected chi connectivity index (χ3v) is 23.1. The minimum absolute atomic E-state index is 0.0885. The molecule has 15 aromatic rings. The third kappa shape index (κ3) is 11.2. The number of rotatable bonds is 8. The fraction of sp³-hybridized carbons (Fsp3) is 0.220. The van der Waals surface area contributed by atoms with Crippen LogP contribution < -0.4 is 26.2 Å². The zero-order valence-electron chi connectivity index (χ0n) is 64.3. The van der Waals surface area contributed by atoms with Crippen molar-refractivity contribution in [1.29, 1.82) is 0 Å². The van der Waals surface area contributed by atoms with Gasteiger partial charge in [-0.1, -0.05) is 310 Å². The van der Waals surface area contributed by atoms with E-state index in [0.717, 1.165) is 56.1 Å².